The first-order valence-corrected chi connectivity index (χ1v) is 9.88. The van der Waals surface area contributed by atoms with E-state index in [2.05, 4.69) is 16.1 Å². The summed E-state index contributed by atoms with van der Waals surface area (Å²) in [5.41, 5.74) is 2.07. The van der Waals surface area contributed by atoms with Gasteiger partial charge in [0.2, 0.25) is 5.88 Å². The highest BCUT2D eigenvalue weighted by Gasteiger charge is 2.20. The molecule has 6 nitrogen and oxygen atoms in total. The Morgan fingerprint density at radius 3 is 2.71 bits per heavy atom. The van der Waals surface area contributed by atoms with E-state index < -0.39 is 11.2 Å². The van der Waals surface area contributed by atoms with Crippen LogP contribution in [0.3, 0.4) is 0 Å². The molecule has 1 aliphatic carbocycles. The number of rotatable bonds is 6. The van der Waals surface area contributed by atoms with E-state index in [1.807, 2.05) is 26.0 Å². The molecule has 0 fully saturated rings. The molecule has 0 bridgehead atoms. The standard InChI is InChI=1S/C22H27N3O3/c1-3-17(23-14-13-16-10-5-4-6-11-16)19-20(26)24-22(28)25(21(19)27)18-12-8-7-9-15(18)2/h7-10,12,27H,3-6,11,13-14H2,1-2H3,(H,24,26,28). The maximum atomic E-state index is 12.5. The Balaban J connectivity index is 2.00. The van der Waals surface area contributed by atoms with E-state index in [0.717, 1.165) is 29.4 Å². The SMILES string of the molecule is CCC(=NCCC1=CCCCC1)c1c(O)n(-c2ccccc2C)c(=O)[nH]c1=O. The van der Waals surface area contributed by atoms with Gasteiger partial charge < -0.3 is 5.11 Å². The third-order valence-electron chi connectivity index (χ3n) is 5.19. The van der Waals surface area contributed by atoms with E-state index in [1.165, 1.54) is 18.4 Å². The minimum atomic E-state index is -0.664. The first-order valence-electron chi connectivity index (χ1n) is 9.88. The monoisotopic (exact) mass is 381 g/mol. The Hall–Kier alpha value is -2.89. The number of para-hydroxylation sites is 1. The molecule has 2 aromatic rings. The van der Waals surface area contributed by atoms with Gasteiger partial charge in [-0.1, -0.05) is 36.8 Å². The Morgan fingerprint density at radius 2 is 2.04 bits per heavy atom. The van der Waals surface area contributed by atoms with Crippen LogP contribution in [0.2, 0.25) is 0 Å². The van der Waals surface area contributed by atoms with Gasteiger partial charge in [-0.2, -0.15) is 0 Å². The third kappa shape index (κ3) is 4.16. The number of benzene rings is 1. The number of aromatic hydroxyl groups is 1. The zero-order chi connectivity index (χ0) is 20.1. The fourth-order valence-corrected chi connectivity index (χ4v) is 3.66. The van der Waals surface area contributed by atoms with Crippen molar-refractivity contribution in [3.05, 3.63) is 67.9 Å². The fourth-order valence-electron chi connectivity index (χ4n) is 3.66. The summed E-state index contributed by atoms with van der Waals surface area (Å²) in [5.74, 6) is -0.361. The Morgan fingerprint density at radius 1 is 1.25 bits per heavy atom. The van der Waals surface area contributed by atoms with Crippen LogP contribution >= 0.6 is 0 Å². The minimum Gasteiger partial charge on any atom is -0.493 e. The molecular formula is C22H27N3O3. The number of nitrogens with zero attached hydrogens (tertiary/aromatic N) is 2. The number of hydrogen-bond acceptors (Lipinski definition) is 4. The summed E-state index contributed by atoms with van der Waals surface area (Å²) in [4.78, 5) is 31.8. The number of H-pyrrole nitrogens is 1. The van der Waals surface area contributed by atoms with Crippen molar-refractivity contribution in [1.82, 2.24) is 9.55 Å². The van der Waals surface area contributed by atoms with E-state index >= 15 is 0 Å². The zero-order valence-corrected chi connectivity index (χ0v) is 16.5. The van der Waals surface area contributed by atoms with Gasteiger partial charge in [0, 0.05) is 6.54 Å². The van der Waals surface area contributed by atoms with E-state index in [4.69, 9.17) is 0 Å². The molecule has 28 heavy (non-hydrogen) atoms. The summed E-state index contributed by atoms with van der Waals surface area (Å²) < 4.78 is 1.14. The maximum absolute atomic E-state index is 12.5. The van der Waals surface area contributed by atoms with Gasteiger partial charge in [-0.25, -0.2) is 9.36 Å². The molecule has 1 heterocycles. The van der Waals surface area contributed by atoms with Crippen molar-refractivity contribution in [2.24, 2.45) is 4.99 Å². The summed E-state index contributed by atoms with van der Waals surface area (Å²) >= 11 is 0. The Kier molecular flexibility index (Phi) is 6.29. The summed E-state index contributed by atoms with van der Waals surface area (Å²) in [6, 6.07) is 7.22. The van der Waals surface area contributed by atoms with Crippen molar-refractivity contribution in [1.29, 1.82) is 0 Å². The highest BCUT2D eigenvalue weighted by atomic mass is 16.3. The van der Waals surface area contributed by atoms with Crippen molar-refractivity contribution in [3.63, 3.8) is 0 Å². The normalized spacial score (nSPS) is 14.8. The predicted molar refractivity (Wildman–Crippen MR) is 112 cm³/mol. The lowest BCUT2D eigenvalue weighted by molar-refractivity contribution is 0.429. The van der Waals surface area contributed by atoms with Crippen molar-refractivity contribution >= 4 is 5.71 Å². The molecule has 2 N–H and O–H groups in total. The Bertz CT molecular complexity index is 1030. The van der Waals surface area contributed by atoms with Crippen LogP contribution in [0, 0.1) is 6.92 Å². The molecule has 3 rings (SSSR count). The quantitative estimate of drug-likeness (QED) is 0.592. The predicted octanol–water partition coefficient (Wildman–Crippen LogP) is 3.63. The molecule has 6 heteroatoms. The molecule has 0 saturated carbocycles. The molecule has 0 amide bonds. The van der Waals surface area contributed by atoms with E-state index in [1.54, 1.807) is 12.1 Å². The summed E-state index contributed by atoms with van der Waals surface area (Å²) in [5, 5.41) is 10.8. The molecule has 0 spiro atoms. The first kappa shape index (κ1) is 19.9. The summed E-state index contributed by atoms with van der Waals surface area (Å²) in [7, 11) is 0. The van der Waals surface area contributed by atoms with Crippen molar-refractivity contribution in [2.75, 3.05) is 6.54 Å². The van der Waals surface area contributed by atoms with Gasteiger partial charge in [0.05, 0.1) is 11.4 Å². The molecule has 0 saturated heterocycles. The van der Waals surface area contributed by atoms with Crippen LogP contribution in [-0.2, 0) is 0 Å². The van der Waals surface area contributed by atoms with Crippen LogP contribution in [0.1, 0.15) is 56.6 Å². The molecule has 1 aliphatic rings. The maximum Gasteiger partial charge on any atom is 0.335 e. The van der Waals surface area contributed by atoms with Crippen LogP contribution in [-0.4, -0.2) is 26.9 Å². The number of aromatic nitrogens is 2. The van der Waals surface area contributed by atoms with Crippen LogP contribution in [0.15, 0.2) is 50.5 Å². The van der Waals surface area contributed by atoms with Gasteiger partial charge in [-0.05, 0) is 57.1 Å². The average molecular weight is 381 g/mol. The van der Waals surface area contributed by atoms with Gasteiger partial charge in [0.25, 0.3) is 5.56 Å². The largest absolute Gasteiger partial charge is 0.493 e. The third-order valence-corrected chi connectivity index (χ3v) is 5.19. The molecule has 0 radical (unpaired) electrons. The highest BCUT2D eigenvalue weighted by Crippen LogP contribution is 2.22. The number of aliphatic imine (C=N–C) groups is 1. The topological polar surface area (TPSA) is 87.4 Å². The summed E-state index contributed by atoms with van der Waals surface area (Å²) in [6.07, 6.45) is 8.34. The smallest absolute Gasteiger partial charge is 0.335 e. The number of allylic oxidation sites excluding steroid dienone is 1. The zero-order valence-electron chi connectivity index (χ0n) is 16.5. The van der Waals surface area contributed by atoms with Crippen molar-refractivity contribution in [2.45, 2.75) is 52.4 Å². The first-order chi connectivity index (χ1) is 13.5. The molecule has 0 atom stereocenters. The second-order valence-electron chi connectivity index (χ2n) is 7.12. The highest BCUT2D eigenvalue weighted by molar-refractivity contribution is 6.02. The molecule has 148 valence electrons. The van der Waals surface area contributed by atoms with Crippen molar-refractivity contribution < 1.29 is 5.11 Å². The second-order valence-corrected chi connectivity index (χ2v) is 7.12. The summed E-state index contributed by atoms with van der Waals surface area (Å²) in [6.45, 7) is 4.30. The molecule has 0 aliphatic heterocycles. The number of hydrogen-bond donors (Lipinski definition) is 2. The number of aryl methyl sites for hydroxylation is 1. The van der Waals surface area contributed by atoms with Gasteiger partial charge in [-0.3, -0.25) is 14.8 Å². The van der Waals surface area contributed by atoms with E-state index in [-0.39, 0.29) is 11.4 Å². The van der Waals surface area contributed by atoms with Gasteiger partial charge in [0.1, 0.15) is 5.56 Å². The van der Waals surface area contributed by atoms with Gasteiger partial charge in [0.15, 0.2) is 0 Å². The van der Waals surface area contributed by atoms with E-state index in [0.29, 0.717) is 24.4 Å². The van der Waals surface area contributed by atoms with Gasteiger partial charge >= 0.3 is 5.69 Å². The lowest BCUT2D eigenvalue weighted by atomic mass is 9.97. The molecule has 0 unspecified atom stereocenters. The van der Waals surface area contributed by atoms with Crippen LogP contribution < -0.4 is 11.2 Å². The molecule has 1 aromatic heterocycles. The number of nitrogens with one attached hydrogen (secondary N) is 1. The van der Waals surface area contributed by atoms with Crippen molar-refractivity contribution in [3.8, 4) is 11.6 Å². The second kappa shape index (κ2) is 8.87. The van der Waals surface area contributed by atoms with Gasteiger partial charge in [-0.15, -0.1) is 0 Å². The van der Waals surface area contributed by atoms with E-state index in [9.17, 15) is 14.7 Å². The Labute approximate surface area is 164 Å². The lowest BCUT2D eigenvalue weighted by Gasteiger charge is -2.14. The lowest BCUT2D eigenvalue weighted by Crippen LogP contribution is -2.33. The molecule has 1 aromatic carbocycles. The van der Waals surface area contributed by atoms with Crippen LogP contribution in [0.5, 0.6) is 5.88 Å². The fraction of sp³-hybridized carbons (Fsp3) is 0.409. The molecular weight excluding hydrogens is 354 g/mol. The number of aromatic amines is 1. The van der Waals surface area contributed by atoms with Crippen LogP contribution in [0.25, 0.3) is 5.69 Å². The minimum absolute atomic E-state index is 0.0722. The average Bonchev–Trinajstić information content (AvgIpc) is 2.68. The van der Waals surface area contributed by atoms with Crippen LogP contribution in [0.4, 0.5) is 0 Å².